The third kappa shape index (κ3) is 8.39. The largest absolute Gasteiger partial charge is 0.466 e. The molecule has 0 spiro atoms. The van der Waals surface area contributed by atoms with Crippen molar-refractivity contribution in [3.63, 3.8) is 0 Å². The van der Waals surface area contributed by atoms with Crippen LogP contribution in [0.2, 0.25) is 0 Å². The van der Waals surface area contributed by atoms with Gasteiger partial charge in [-0.05, 0) is 19.9 Å². The average molecular weight is 217 g/mol. The van der Waals surface area contributed by atoms with Gasteiger partial charge in [0.05, 0.1) is 19.1 Å². The highest BCUT2D eigenvalue weighted by Crippen LogP contribution is 2.01. The van der Waals surface area contributed by atoms with Crippen LogP contribution in [0.3, 0.4) is 0 Å². The van der Waals surface area contributed by atoms with Crippen molar-refractivity contribution in [3.05, 3.63) is 0 Å². The number of aliphatic hydroxyl groups is 1. The molecule has 0 aromatic rings. The first-order valence-corrected chi connectivity index (χ1v) is 5.47. The Hall–Kier alpha value is -0.610. The third-order valence-electron chi connectivity index (χ3n) is 1.91. The molecule has 0 aliphatic carbocycles. The molecule has 0 aliphatic rings. The predicted octanol–water partition coefficient (Wildman–Crippen LogP) is 0.888. The molecule has 1 N–H and O–H groups in total. The molecule has 0 bridgehead atoms. The molecule has 0 heterocycles. The second-order valence-corrected chi connectivity index (χ2v) is 4.28. The van der Waals surface area contributed by atoms with Crippen molar-refractivity contribution in [1.29, 1.82) is 0 Å². The van der Waals surface area contributed by atoms with E-state index in [0.717, 1.165) is 6.54 Å². The summed E-state index contributed by atoms with van der Waals surface area (Å²) in [6.07, 6.45) is -0.552. The highest BCUT2D eigenvalue weighted by atomic mass is 16.5. The molecule has 0 saturated carbocycles. The van der Waals surface area contributed by atoms with Gasteiger partial charge in [-0.25, -0.2) is 0 Å². The van der Waals surface area contributed by atoms with Gasteiger partial charge in [-0.15, -0.1) is 0 Å². The lowest BCUT2D eigenvalue weighted by Crippen LogP contribution is -2.33. The average Bonchev–Trinajstić information content (AvgIpc) is 2.00. The number of hydrogen-bond acceptors (Lipinski definition) is 4. The highest BCUT2D eigenvalue weighted by molar-refractivity contribution is 5.69. The summed E-state index contributed by atoms with van der Waals surface area (Å²) in [6, 6.07) is 0. The first kappa shape index (κ1) is 14.4. The van der Waals surface area contributed by atoms with E-state index in [0.29, 0.717) is 19.1 Å². The van der Waals surface area contributed by atoms with Gasteiger partial charge in [0.15, 0.2) is 0 Å². The lowest BCUT2D eigenvalue weighted by molar-refractivity contribution is -0.145. The molecule has 0 aromatic heterocycles. The zero-order valence-electron chi connectivity index (χ0n) is 10.2. The van der Waals surface area contributed by atoms with Crippen molar-refractivity contribution < 1.29 is 14.6 Å². The number of carbonyl (C=O) groups is 1. The second kappa shape index (κ2) is 7.65. The maximum absolute atomic E-state index is 11.1. The van der Waals surface area contributed by atoms with Crippen molar-refractivity contribution in [1.82, 2.24) is 4.90 Å². The van der Waals surface area contributed by atoms with Gasteiger partial charge in [-0.3, -0.25) is 4.79 Å². The standard InChI is InChI=1S/C11H23NO3/c1-5-15-11(14)6-10(13)8-12(4)7-9(2)3/h9-10,13H,5-8H2,1-4H3. The summed E-state index contributed by atoms with van der Waals surface area (Å²) < 4.78 is 4.76. The summed E-state index contributed by atoms with van der Waals surface area (Å²) in [5.74, 6) is 0.229. The lowest BCUT2D eigenvalue weighted by Gasteiger charge is -2.21. The van der Waals surface area contributed by atoms with Gasteiger partial charge in [0.1, 0.15) is 0 Å². The Bertz CT molecular complexity index is 183. The fourth-order valence-electron chi connectivity index (χ4n) is 1.53. The quantitative estimate of drug-likeness (QED) is 0.643. The van der Waals surface area contributed by atoms with Crippen molar-refractivity contribution in [2.24, 2.45) is 5.92 Å². The van der Waals surface area contributed by atoms with Gasteiger partial charge >= 0.3 is 5.97 Å². The fraction of sp³-hybridized carbons (Fsp3) is 0.909. The summed E-state index contributed by atoms with van der Waals surface area (Å²) in [5, 5.41) is 9.59. The van der Waals surface area contributed by atoms with Crippen molar-refractivity contribution in [2.75, 3.05) is 26.7 Å². The van der Waals surface area contributed by atoms with E-state index in [1.54, 1.807) is 6.92 Å². The van der Waals surface area contributed by atoms with E-state index in [4.69, 9.17) is 4.74 Å². The van der Waals surface area contributed by atoms with Gasteiger partial charge in [0.2, 0.25) is 0 Å². The zero-order chi connectivity index (χ0) is 11.8. The summed E-state index contributed by atoms with van der Waals surface area (Å²) in [5.41, 5.74) is 0. The second-order valence-electron chi connectivity index (χ2n) is 4.28. The molecule has 0 aromatic carbocycles. The first-order chi connectivity index (χ1) is 6.95. The number of hydrogen-bond donors (Lipinski definition) is 1. The molecule has 0 fully saturated rings. The molecule has 1 unspecified atom stereocenters. The van der Waals surface area contributed by atoms with Crippen LogP contribution in [0.4, 0.5) is 0 Å². The Balaban J connectivity index is 3.72. The monoisotopic (exact) mass is 217 g/mol. The van der Waals surface area contributed by atoms with Crippen molar-refractivity contribution in [3.8, 4) is 0 Å². The Labute approximate surface area is 92.2 Å². The van der Waals surface area contributed by atoms with E-state index >= 15 is 0 Å². The van der Waals surface area contributed by atoms with E-state index in [-0.39, 0.29) is 12.4 Å². The van der Waals surface area contributed by atoms with E-state index in [1.165, 1.54) is 0 Å². The van der Waals surface area contributed by atoms with Gasteiger partial charge in [0, 0.05) is 13.1 Å². The third-order valence-corrected chi connectivity index (χ3v) is 1.91. The Kier molecular flexibility index (Phi) is 7.34. The zero-order valence-corrected chi connectivity index (χ0v) is 10.2. The molecule has 4 heteroatoms. The molecule has 0 aliphatic heterocycles. The lowest BCUT2D eigenvalue weighted by atomic mass is 10.2. The molecule has 0 amide bonds. The topological polar surface area (TPSA) is 49.8 Å². The van der Waals surface area contributed by atoms with Crippen LogP contribution in [-0.2, 0) is 9.53 Å². The van der Waals surface area contributed by atoms with Crippen LogP contribution in [-0.4, -0.2) is 48.8 Å². The maximum atomic E-state index is 11.1. The summed E-state index contributed by atoms with van der Waals surface area (Å²) >= 11 is 0. The van der Waals surface area contributed by atoms with E-state index in [9.17, 15) is 9.90 Å². The molecular weight excluding hydrogens is 194 g/mol. The molecule has 0 rings (SSSR count). The number of esters is 1. The van der Waals surface area contributed by atoms with Crippen LogP contribution < -0.4 is 0 Å². The molecule has 0 radical (unpaired) electrons. The van der Waals surface area contributed by atoms with Gasteiger partial charge in [-0.2, -0.15) is 0 Å². The van der Waals surface area contributed by atoms with E-state index < -0.39 is 6.10 Å². The Morgan fingerprint density at radius 2 is 2.00 bits per heavy atom. The SMILES string of the molecule is CCOC(=O)CC(O)CN(C)CC(C)C. The normalized spacial score (nSPS) is 13.3. The minimum atomic E-state index is -0.632. The van der Waals surface area contributed by atoms with Crippen LogP contribution in [0, 0.1) is 5.92 Å². The number of aliphatic hydroxyl groups excluding tert-OH is 1. The van der Waals surface area contributed by atoms with Crippen molar-refractivity contribution in [2.45, 2.75) is 33.3 Å². The summed E-state index contributed by atoms with van der Waals surface area (Å²) in [4.78, 5) is 13.1. The summed E-state index contributed by atoms with van der Waals surface area (Å²) in [6.45, 7) is 7.79. The van der Waals surface area contributed by atoms with Crippen LogP contribution in [0.25, 0.3) is 0 Å². The Morgan fingerprint density at radius 3 is 2.47 bits per heavy atom. The number of carbonyl (C=O) groups excluding carboxylic acids is 1. The number of rotatable bonds is 7. The van der Waals surface area contributed by atoms with Crippen LogP contribution in [0.5, 0.6) is 0 Å². The smallest absolute Gasteiger partial charge is 0.308 e. The number of likely N-dealkylation sites (N-methyl/N-ethyl adjacent to an activating group) is 1. The molecule has 4 nitrogen and oxygen atoms in total. The highest BCUT2D eigenvalue weighted by Gasteiger charge is 2.14. The maximum Gasteiger partial charge on any atom is 0.308 e. The van der Waals surface area contributed by atoms with E-state index in [1.807, 2.05) is 11.9 Å². The molecule has 15 heavy (non-hydrogen) atoms. The number of ether oxygens (including phenoxy) is 1. The molecule has 1 atom stereocenters. The summed E-state index contributed by atoms with van der Waals surface area (Å²) in [7, 11) is 1.94. The molecule has 0 saturated heterocycles. The van der Waals surface area contributed by atoms with Gasteiger partial charge < -0.3 is 14.7 Å². The minimum absolute atomic E-state index is 0.0796. The van der Waals surface area contributed by atoms with Crippen LogP contribution in [0.15, 0.2) is 0 Å². The van der Waals surface area contributed by atoms with Gasteiger partial charge in [0.25, 0.3) is 0 Å². The Morgan fingerprint density at radius 1 is 1.40 bits per heavy atom. The molecule has 90 valence electrons. The predicted molar refractivity (Wildman–Crippen MR) is 59.6 cm³/mol. The van der Waals surface area contributed by atoms with Crippen LogP contribution in [0.1, 0.15) is 27.2 Å². The number of nitrogens with zero attached hydrogens (tertiary/aromatic N) is 1. The fourth-order valence-corrected chi connectivity index (χ4v) is 1.53. The van der Waals surface area contributed by atoms with Crippen LogP contribution >= 0.6 is 0 Å². The minimum Gasteiger partial charge on any atom is -0.466 e. The first-order valence-electron chi connectivity index (χ1n) is 5.47. The van der Waals surface area contributed by atoms with E-state index in [2.05, 4.69) is 13.8 Å². The molecular formula is C11H23NO3. The van der Waals surface area contributed by atoms with Gasteiger partial charge in [-0.1, -0.05) is 13.8 Å². The van der Waals surface area contributed by atoms with Crippen molar-refractivity contribution >= 4 is 5.97 Å².